The molecule has 4 heteroatoms. The highest BCUT2D eigenvalue weighted by Crippen LogP contribution is 2.37. The number of fused-ring (bicyclic) bond motifs is 1. The van der Waals surface area contributed by atoms with Crippen molar-refractivity contribution in [1.82, 2.24) is 9.97 Å². The minimum atomic E-state index is 0.149. The molecule has 3 aromatic rings. The number of halogens is 1. The highest BCUT2D eigenvalue weighted by molar-refractivity contribution is 7.17. The van der Waals surface area contributed by atoms with Crippen molar-refractivity contribution in [2.75, 3.05) is 0 Å². The third-order valence-electron chi connectivity index (χ3n) is 3.21. The van der Waals surface area contributed by atoms with Crippen LogP contribution in [-0.4, -0.2) is 9.97 Å². The standard InChI is InChI=1S/C17H17ClN2S/c1-17(2,3)9-13-19-15(18)14-12(10-21-16(14)20-13)11-7-5-4-6-8-11/h4-8,10H,9H2,1-3H3. The molecule has 1 aromatic carbocycles. The molecular weight excluding hydrogens is 300 g/mol. The van der Waals surface area contributed by atoms with Gasteiger partial charge >= 0.3 is 0 Å². The fourth-order valence-corrected chi connectivity index (χ4v) is 3.64. The Morgan fingerprint density at radius 3 is 2.48 bits per heavy atom. The van der Waals surface area contributed by atoms with E-state index in [2.05, 4.69) is 43.3 Å². The summed E-state index contributed by atoms with van der Waals surface area (Å²) in [4.78, 5) is 10.2. The van der Waals surface area contributed by atoms with Crippen molar-refractivity contribution < 1.29 is 0 Å². The largest absolute Gasteiger partial charge is 0.222 e. The van der Waals surface area contributed by atoms with Crippen molar-refractivity contribution >= 4 is 33.2 Å². The van der Waals surface area contributed by atoms with Crippen molar-refractivity contribution in [2.24, 2.45) is 5.41 Å². The molecule has 108 valence electrons. The molecule has 0 saturated carbocycles. The molecule has 3 rings (SSSR count). The Morgan fingerprint density at radius 2 is 1.81 bits per heavy atom. The third kappa shape index (κ3) is 3.09. The fraction of sp³-hybridized carbons (Fsp3) is 0.294. The first-order valence-electron chi connectivity index (χ1n) is 6.93. The Balaban J connectivity index is 2.12. The summed E-state index contributed by atoms with van der Waals surface area (Å²) in [6.45, 7) is 6.54. The zero-order chi connectivity index (χ0) is 15.0. The van der Waals surface area contributed by atoms with Gasteiger partial charge in [0.1, 0.15) is 15.8 Å². The number of rotatable bonds is 2. The summed E-state index contributed by atoms with van der Waals surface area (Å²) in [5.41, 5.74) is 2.41. The van der Waals surface area contributed by atoms with Crippen molar-refractivity contribution in [3.63, 3.8) is 0 Å². The predicted molar refractivity (Wildman–Crippen MR) is 91.0 cm³/mol. The zero-order valence-corrected chi connectivity index (χ0v) is 13.9. The molecule has 0 radical (unpaired) electrons. The van der Waals surface area contributed by atoms with Gasteiger partial charge in [-0.05, 0) is 11.0 Å². The van der Waals surface area contributed by atoms with E-state index in [1.165, 1.54) is 0 Å². The maximum absolute atomic E-state index is 6.44. The molecule has 0 aliphatic rings. The van der Waals surface area contributed by atoms with Crippen molar-refractivity contribution in [2.45, 2.75) is 27.2 Å². The lowest BCUT2D eigenvalue weighted by Gasteiger charge is -2.16. The summed E-state index contributed by atoms with van der Waals surface area (Å²) in [6.07, 6.45) is 0.821. The van der Waals surface area contributed by atoms with Crippen molar-refractivity contribution in [1.29, 1.82) is 0 Å². The topological polar surface area (TPSA) is 25.8 Å². The highest BCUT2D eigenvalue weighted by atomic mass is 35.5. The van der Waals surface area contributed by atoms with E-state index < -0.39 is 0 Å². The van der Waals surface area contributed by atoms with Crippen LogP contribution in [0.2, 0.25) is 5.15 Å². The minimum Gasteiger partial charge on any atom is -0.222 e. The Morgan fingerprint density at radius 1 is 1.10 bits per heavy atom. The van der Waals surface area contributed by atoms with Crippen LogP contribution >= 0.6 is 22.9 Å². The van der Waals surface area contributed by atoms with E-state index >= 15 is 0 Å². The summed E-state index contributed by atoms with van der Waals surface area (Å²) in [7, 11) is 0. The molecule has 2 aromatic heterocycles. The van der Waals surface area contributed by atoms with Crippen LogP contribution < -0.4 is 0 Å². The summed E-state index contributed by atoms with van der Waals surface area (Å²) >= 11 is 8.07. The normalized spacial score (nSPS) is 12.0. The van der Waals surface area contributed by atoms with E-state index in [-0.39, 0.29) is 5.41 Å². The van der Waals surface area contributed by atoms with Gasteiger partial charge in [-0.3, -0.25) is 0 Å². The van der Waals surface area contributed by atoms with Gasteiger partial charge in [-0.15, -0.1) is 11.3 Å². The second-order valence-corrected chi connectivity index (χ2v) is 7.58. The summed E-state index contributed by atoms with van der Waals surface area (Å²) in [5, 5.41) is 3.63. The van der Waals surface area contributed by atoms with E-state index in [1.807, 2.05) is 18.2 Å². The SMILES string of the molecule is CC(C)(C)Cc1nc(Cl)c2c(-c3ccccc3)csc2n1. The molecule has 0 aliphatic carbocycles. The van der Waals surface area contributed by atoms with Crippen molar-refractivity contribution in [3.05, 3.63) is 46.7 Å². The van der Waals surface area contributed by atoms with Gasteiger partial charge in [-0.2, -0.15) is 0 Å². The Bertz CT molecular complexity index is 773. The van der Waals surface area contributed by atoms with E-state index in [0.29, 0.717) is 5.15 Å². The lowest BCUT2D eigenvalue weighted by atomic mass is 9.92. The molecule has 21 heavy (non-hydrogen) atoms. The van der Waals surface area contributed by atoms with Gasteiger partial charge in [-0.1, -0.05) is 62.7 Å². The first kappa shape index (κ1) is 14.5. The number of thiophene rings is 1. The molecule has 0 fully saturated rings. The molecule has 0 bridgehead atoms. The van der Waals surface area contributed by atoms with E-state index in [9.17, 15) is 0 Å². The molecule has 2 nitrogen and oxygen atoms in total. The average molecular weight is 317 g/mol. The van der Waals surface area contributed by atoms with E-state index in [0.717, 1.165) is 33.6 Å². The van der Waals surface area contributed by atoms with Crippen molar-refractivity contribution in [3.8, 4) is 11.1 Å². The molecule has 2 heterocycles. The third-order valence-corrected chi connectivity index (χ3v) is 4.35. The molecular formula is C17H17ClN2S. The van der Waals surface area contributed by atoms with Gasteiger partial charge in [0.05, 0.1) is 5.39 Å². The summed E-state index contributed by atoms with van der Waals surface area (Å²) in [5.74, 6) is 0.821. The van der Waals surface area contributed by atoms with Gasteiger partial charge in [0.2, 0.25) is 0 Å². The van der Waals surface area contributed by atoms with Crippen LogP contribution in [0.1, 0.15) is 26.6 Å². The van der Waals surface area contributed by atoms with Gasteiger partial charge in [0, 0.05) is 17.4 Å². The lowest BCUT2D eigenvalue weighted by molar-refractivity contribution is 0.401. The molecule has 0 amide bonds. The average Bonchev–Trinajstić information content (AvgIpc) is 2.82. The second kappa shape index (κ2) is 5.39. The van der Waals surface area contributed by atoms with Crippen LogP contribution in [0.15, 0.2) is 35.7 Å². The fourth-order valence-electron chi connectivity index (χ4n) is 2.32. The van der Waals surface area contributed by atoms with Gasteiger partial charge in [0.15, 0.2) is 0 Å². The van der Waals surface area contributed by atoms with Gasteiger partial charge < -0.3 is 0 Å². The molecule has 0 saturated heterocycles. The number of nitrogens with zero attached hydrogens (tertiary/aromatic N) is 2. The highest BCUT2D eigenvalue weighted by Gasteiger charge is 2.18. The van der Waals surface area contributed by atoms with Gasteiger partial charge in [-0.25, -0.2) is 9.97 Å². The van der Waals surface area contributed by atoms with Crippen LogP contribution in [0.4, 0.5) is 0 Å². The second-order valence-electron chi connectivity index (χ2n) is 6.36. The molecule has 0 N–H and O–H groups in total. The molecule has 0 spiro atoms. The molecule has 0 atom stereocenters. The summed E-state index contributed by atoms with van der Waals surface area (Å²) < 4.78 is 0. The number of aromatic nitrogens is 2. The number of benzene rings is 1. The maximum atomic E-state index is 6.44. The quantitative estimate of drug-likeness (QED) is 0.575. The monoisotopic (exact) mass is 316 g/mol. The maximum Gasteiger partial charge on any atom is 0.142 e. The predicted octanol–water partition coefficient (Wildman–Crippen LogP) is 5.60. The van der Waals surface area contributed by atoms with Gasteiger partial charge in [0.25, 0.3) is 0 Å². The zero-order valence-electron chi connectivity index (χ0n) is 12.4. The Labute approximate surface area is 133 Å². The Hall–Kier alpha value is -1.45. The number of hydrogen-bond donors (Lipinski definition) is 0. The molecule has 0 unspecified atom stereocenters. The van der Waals surface area contributed by atoms with E-state index in [1.54, 1.807) is 11.3 Å². The van der Waals surface area contributed by atoms with Crippen LogP contribution in [0, 0.1) is 5.41 Å². The lowest BCUT2D eigenvalue weighted by Crippen LogP contribution is -2.12. The van der Waals surface area contributed by atoms with E-state index in [4.69, 9.17) is 16.6 Å². The van der Waals surface area contributed by atoms with Crippen LogP contribution in [-0.2, 0) is 6.42 Å². The molecule has 0 aliphatic heterocycles. The minimum absolute atomic E-state index is 0.149. The summed E-state index contributed by atoms with van der Waals surface area (Å²) in [6, 6.07) is 10.2. The van der Waals surface area contributed by atoms with Crippen LogP contribution in [0.3, 0.4) is 0 Å². The Kier molecular flexibility index (Phi) is 3.72. The number of hydrogen-bond acceptors (Lipinski definition) is 3. The first-order valence-corrected chi connectivity index (χ1v) is 8.19. The van der Waals surface area contributed by atoms with Crippen LogP contribution in [0.25, 0.3) is 21.3 Å². The smallest absolute Gasteiger partial charge is 0.142 e. The van der Waals surface area contributed by atoms with Crippen LogP contribution in [0.5, 0.6) is 0 Å². The first-order chi connectivity index (χ1) is 9.94.